The Hall–Kier alpha value is -1.40. The summed E-state index contributed by atoms with van der Waals surface area (Å²) in [6, 6.07) is 1.82. The second-order valence-corrected chi connectivity index (χ2v) is 6.92. The number of aliphatic carboxylic acids is 2. The molecule has 24 heavy (non-hydrogen) atoms. The van der Waals surface area contributed by atoms with Crippen molar-refractivity contribution in [3.8, 4) is 0 Å². The molecule has 1 saturated carbocycles. The van der Waals surface area contributed by atoms with E-state index in [0.717, 1.165) is 12.1 Å². The van der Waals surface area contributed by atoms with Gasteiger partial charge in [-0.15, -0.1) is 0 Å². The summed E-state index contributed by atoms with van der Waals surface area (Å²) in [7, 11) is 0. The Morgan fingerprint density at radius 3 is 1.29 bits per heavy atom. The van der Waals surface area contributed by atoms with Gasteiger partial charge in [-0.1, -0.05) is 12.8 Å². The van der Waals surface area contributed by atoms with E-state index in [1.807, 2.05) is 0 Å². The van der Waals surface area contributed by atoms with Crippen LogP contribution in [0.15, 0.2) is 12.2 Å². The Labute approximate surface area is 144 Å². The number of hydrogen-bond acceptors (Lipinski definition) is 4. The normalized spacial score (nSPS) is 28.7. The topological polar surface area (TPSA) is 81.1 Å². The van der Waals surface area contributed by atoms with Crippen LogP contribution in [0.5, 0.6) is 0 Å². The van der Waals surface area contributed by atoms with Crippen LogP contribution in [0.2, 0.25) is 0 Å². The molecule has 3 fully saturated rings. The number of nitrogens with zero attached hydrogens (tertiary/aromatic N) is 2. The monoisotopic (exact) mass is 338 g/mol. The van der Waals surface area contributed by atoms with E-state index in [1.165, 1.54) is 77.5 Å². The molecule has 0 aromatic heterocycles. The molecule has 0 unspecified atom stereocenters. The highest BCUT2D eigenvalue weighted by molar-refractivity contribution is 5.89. The average Bonchev–Trinajstić information content (AvgIpc) is 3.27. The molecule has 0 radical (unpaired) electrons. The summed E-state index contributed by atoms with van der Waals surface area (Å²) in [6.45, 7) is 5.54. The first-order chi connectivity index (χ1) is 11.6. The molecule has 0 spiro atoms. The zero-order valence-corrected chi connectivity index (χ0v) is 14.4. The van der Waals surface area contributed by atoms with Crippen molar-refractivity contribution in [2.45, 2.75) is 63.5 Å². The fourth-order valence-electron chi connectivity index (χ4n) is 4.23. The summed E-state index contributed by atoms with van der Waals surface area (Å²) in [5.74, 6) is -2.51. The summed E-state index contributed by atoms with van der Waals surface area (Å²) >= 11 is 0. The summed E-state index contributed by atoms with van der Waals surface area (Å²) in [4.78, 5) is 24.7. The van der Waals surface area contributed by atoms with Crippen molar-refractivity contribution in [2.24, 2.45) is 0 Å². The quantitative estimate of drug-likeness (QED) is 0.765. The van der Waals surface area contributed by atoms with Crippen LogP contribution in [0.4, 0.5) is 0 Å². The maximum atomic E-state index is 9.55. The standard InChI is InChI=1S/C14H26N2.C4H4O4/c1-2-8-14(16-11-5-6-12-16)13(7-1)15-9-3-4-10-15;5-3(6)1-2-4(7)8/h13-14H,1-12H2;1-2H,(H,5,6)(H,7,8)/b;2-1+/t13-,14-;/m0./s1. The van der Waals surface area contributed by atoms with E-state index >= 15 is 0 Å². The molecule has 2 aliphatic heterocycles. The highest BCUT2D eigenvalue weighted by Crippen LogP contribution is 2.31. The Bertz CT molecular complexity index is 400. The predicted octanol–water partition coefficient (Wildman–Crippen LogP) is 2.20. The average molecular weight is 338 g/mol. The van der Waals surface area contributed by atoms with Gasteiger partial charge in [-0.25, -0.2) is 9.59 Å². The third kappa shape index (κ3) is 5.91. The first-order valence-corrected chi connectivity index (χ1v) is 9.20. The molecule has 136 valence electrons. The molecular formula is C18H30N2O4. The zero-order valence-electron chi connectivity index (χ0n) is 14.4. The first kappa shape index (κ1) is 18.9. The lowest BCUT2D eigenvalue weighted by molar-refractivity contribution is -0.134. The molecule has 1 aliphatic carbocycles. The van der Waals surface area contributed by atoms with Gasteiger partial charge in [0.25, 0.3) is 0 Å². The van der Waals surface area contributed by atoms with Gasteiger partial charge in [0.1, 0.15) is 0 Å². The van der Waals surface area contributed by atoms with Gasteiger partial charge in [0.2, 0.25) is 0 Å². The van der Waals surface area contributed by atoms with E-state index in [2.05, 4.69) is 9.80 Å². The first-order valence-electron chi connectivity index (χ1n) is 9.20. The van der Waals surface area contributed by atoms with Crippen LogP contribution >= 0.6 is 0 Å². The third-order valence-electron chi connectivity index (χ3n) is 5.28. The molecule has 0 aromatic carbocycles. The van der Waals surface area contributed by atoms with Gasteiger partial charge < -0.3 is 10.2 Å². The highest BCUT2D eigenvalue weighted by atomic mass is 16.4. The molecule has 3 rings (SSSR count). The number of likely N-dealkylation sites (tertiary alicyclic amines) is 2. The third-order valence-corrected chi connectivity index (χ3v) is 5.28. The molecule has 0 aromatic rings. The summed E-state index contributed by atoms with van der Waals surface area (Å²) in [5, 5.41) is 15.6. The van der Waals surface area contributed by atoms with E-state index in [4.69, 9.17) is 10.2 Å². The second-order valence-electron chi connectivity index (χ2n) is 6.92. The number of hydrogen-bond donors (Lipinski definition) is 2. The Balaban J connectivity index is 0.000000224. The van der Waals surface area contributed by atoms with Crippen LogP contribution in [0.1, 0.15) is 51.4 Å². The van der Waals surface area contributed by atoms with Crippen LogP contribution in [-0.2, 0) is 9.59 Å². The van der Waals surface area contributed by atoms with E-state index < -0.39 is 11.9 Å². The van der Waals surface area contributed by atoms with Gasteiger partial charge in [0.15, 0.2) is 0 Å². The van der Waals surface area contributed by atoms with Gasteiger partial charge >= 0.3 is 11.9 Å². The van der Waals surface area contributed by atoms with Crippen molar-refractivity contribution in [3.05, 3.63) is 12.2 Å². The highest BCUT2D eigenvalue weighted by Gasteiger charge is 2.35. The van der Waals surface area contributed by atoms with Gasteiger partial charge in [0.05, 0.1) is 0 Å². The molecule has 3 aliphatic rings. The molecular weight excluding hydrogens is 308 g/mol. The van der Waals surface area contributed by atoms with Crippen molar-refractivity contribution in [1.82, 2.24) is 9.80 Å². The molecule has 0 amide bonds. The number of carboxylic acids is 2. The molecule has 6 nitrogen and oxygen atoms in total. The lowest BCUT2D eigenvalue weighted by atomic mass is 9.88. The van der Waals surface area contributed by atoms with E-state index in [1.54, 1.807) is 0 Å². The summed E-state index contributed by atoms with van der Waals surface area (Å²) in [6.07, 6.45) is 12.8. The van der Waals surface area contributed by atoms with Crippen LogP contribution < -0.4 is 0 Å². The van der Waals surface area contributed by atoms with Crippen LogP contribution in [0, 0.1) is 0 Å². The minimum Gasteiger partial charge on any atom is -0.478 e. The van der Waals surface area contributed by atoms with Crippen molar-refractivity contribution in [1.29, 1.82) is 0 Å². The fourth-order valence-corrected chi connectivity index (χ4v) is 4.23. The molecule has 0 bridgehead atoms. The molecule has 2 saturated heterocycles. The zero-order chi connectivity index (χ0) is 17.4. The second kappa shape index (κ2) is 9.79. The van der Waals surface area contributed by atoms with Crippen molar-refractivity contribution >= 4 is 11.9 Å². The maximum Gasteiger partial charge on any atom is 0.328 e. The van der Waals surface area contributed by atoms with Crippen molar-refractivity contribution in [3.63, 3.8) is 0 Å². The number of carbonyl (C=O) groups is 2. The Kier molecular flexibility index (Phi) is 7.72. The van der Waals surface area contributed by atoms with Gasteiger partial charge in [-0.05, 0) is 64.7 Å². The van der Waals surface area contributed by atoms with E-state index in [9.17, 15) is 9.59 Å². The molecule has 2 N–H and O–H groups in total. The van der Waals surface area contributed by atoms with E-state index in [0.29, 0.717) is 12.2 Å². The lowest BCUT2D eigenvalue weighted by Gasteiger charge is -2.42. The van der Waals surface area contributed by atoms with Crippen molar-refractivity contribution < 1.29 is 19.8 Å². The van der Waals surface area contributed by atoms with Crippen LogP contribution in [-0.4, -0.2) is 70.2 Å². The van der Waals surface area contributed by atoms with Gasteiger partial charge in [-0.2, -0.15) is 0 Å². The van der Waals surface area contributed by atoms with Crippen LogP contribution in [0.25, 0.3) is 0 Å². The van der Waals surface area contributed by atoms with E-state index in [-0.39, 0.29) is 0 Å². The predicted molar refractivity (Wildman–Crippen MR) is 92.1 cm³/mol. The Morgan fingerprint density at radius 1 is 0.667 bits per heavy atom. The molecule has 6 heteroatoms. The Morgan fingerprint density at radius 2 is 1.00 bits per heavy atom. The molecule has 2 atom stereocenters. The minimum atomic E-state index is -1.26. The van der Waals surface area contributed by atoms with Gasteiger partial charge in [-0.3, -0.25) is 9.80 Å². The van der Waals surface area contributed by atoms with Crippen molar-refractivity contribution in [2.75, 3.05) is 26.2 Å². The number of carboxylic acid groups (broad SMARTS) is 2. The maximum absolute atomic E-state index is 9.55. The lowest BCUT2D eigenvalue weighted by Crippen LogP contribution is -2.51. The fraction of sp³-hybridized carbons (Fsp3) is 0.778. The van der Waals surface area contributed by atoms with Crippen LogP contribution in [0.3, 0.4) is 0 Å². The largest absolute Gasteiger partial charge is 0.478 e. The smallest absolute Gasteiger partial charge is 0.328 e. The SMILES string of the molecule is C1CC[C@H](N2CCCC2)[C@@H](N2CCCC2)C1.O=C(O)/C=C/C(=O)O. The summed E-state index contributed by atoms with van der Waals surface area (Å²) in [5.41, 5.74) is 0. The number of rotatable bonds is 4. The molecule has 2 heterocycles. The minimum absolute atomic E-state index is 0.558. The summed E-state index contributed by atoms with van der Waals surface area (Å²) < 4.78 is 0. The van der Waals surface area contributed by atoms with Gasteiger partial charge in [0, 0.05) is 24.2 Å².